The van der Waals surface area contributed by atoms with Crippen molar-refractivity contribution in [2.75, 3.05) is 12.4 Å². The number of carbonyl (C=O) groups is 2. The Morgan fingerprint density at radius 1 is 0.931 bits per heavy atom. The molecule has 0 unspecified atom stereocenters. The molecule has 5 heteroatoms. The van der Waals surface area contributed by atoms with Crippen LogP contribution < -0.4 is 5.32 Å². The summed E-state index contributed by atoms with van der Waals surface area (Å²) in [6.45, 7) is 0.522. The maximum Gasteiger partial charge on any atom is 0.253 e. The number of benzene rings is 3. The van der Waals surface area contributed by atoms with Crippen molar-refractivity contribution in [3.63, 3.8) is 0 Å². The number of carbonyl (C=O) groups excluding carboxylic acids is 2. The fourth-order valence-electron chi connectivity index (χ4n) is 3.05. The summed E-state index contributed by atoms with van der Waals surface area (Å²) in [5.41, 5.74) is 3.14. The number of aryl methyl sites for hydroxylation is 1. The predicted molar refractivity (Wildman–Crippen MR) is 117 cm³/mol. The zero-order valence-corrected chi connectivity index (χ0v) is 17.0. The number of anilines is 1. The van der Waals surface area contributed by atoms with Crippen LogP contribution in [-0.4, -0.2) is 23.8 Å². The quantitative estimate of drug-likeness (QED) is 0.587. The SMILES string of the molecule is CN(Cc1ccccc1)C(=O)c1cccc(NC(=O)CCc2ccccc2Cl)c1. The van der Waals surface area contributed by atoms with E-state index in [4.69, 9.17) is 11.6 Å². The van der Waals surface area contributed by atoms with E-state index in [2.05, 4.69) is 5.32 Å². The summed E-state index contributed by atoms with van der Waals surface area (Å²) in [6, 6.07) is 24.3. The van der Waals surface area contributed by atoms with Crippen molar-refractivity contribution >= 4 is 29.1 Å². The highest BCUT2D eigenvalue weighted by Gasteiger charge is 2.13. The highest BCUT2D eigenvalue weighted by molar-refractivity contribution is 6.31. The molecule has 0 saturated heterocycles. The van der Waals surface area contributed by atoms with Gasteiger partial charge in [0.15, 0.2) is 0 Å². The Morgan fingerprint density at radius 3 is 2.41 bits per heavy atom. The predicted octanol–water partition coefficient (Wildman–Crippen LogP) is 5.18. The number of hydrogen-bond donors (Lipinski definition) is 1. The number of hydrogen-bond acceptors (Lipinski definition) is 2. The van der Waals surface area contributed by atoms with Gasteiger partial charge in [-0.3, -0.25) is 9.59 Å². The number of amides is 2. The molecular formula is C24H23ClN2O2. The van der Waals surface area contributed by atoms with E-state index >= 15 is 0 Å². The van der Waals surface area contributed by atoms with Crippen LogP contribution in [0.4, 0.5) is 5.69 Å². The van der Waals surface area contributed by atoms with Crippen molar-refractivity contribution in [2.45, 2.75) is 19.4 Å². The standard InChI is InChI=1S/C24H23ClN2O2/c1-27(17-18-8-3-2-4-9-18)24(29)20-11-7-12-21(16-20)26-23(28)15-14-19-10-5-6-13-22(19)25/h2-13,16H,14-15,17H2,1H3,(H,26,28). The monoisotopic (exact) mass is 406 g/mol. The van der Waals surface area contributed by atoms with E-state index in [9.17, 15) is 9.59 Å². The summed E-state index contributed by atoms with van der Waals surface area (Å²) in [7, 11) is 1.77. The molecule has 0 aliphatic rings. The van der Waals surface area contributed by atoms with Crippen LogP contribution in [0.15, 0.2) is 78.9 Å². The van der Waals surface area contributed by atoms with Gasteiger partial charge in [-0.15, -0.1) is 0 Å². The molecule has 3 rings (SSSR count). The highest BCUT2D eigenvalue weighted by atomic mass is 35.5. The molecular weight excluding hydrogens is 384 g/mol. The molecule has 148 valence electrons. The first-order chi connectivity index (χ1) is 14.0. The summed E-state index contributed by atoms with van der Waals surface area (Å²) >= 11 is 6.14. The van der Waals surface area contributed by atoms with Crippen molar-refractivity contribution in [3.05, 3.63) is 101 Å². The second-order valence-corrected chi connectivity index (χ2v) is 7.27. The molecule has 1 N–H and O–H groups in total. The Labute approximate surface area is 176 Å². The first kappa shape index (κ1) is 20.6. The molecule has 0 aromatic heterocycles. The Morgan fingerprint density at radius 2 is 1.66 bits per heavy atom. The Balaban J connectivity index is 1.59. The minimum absolute atomic E-state index is 0.0963. The van der Waals surface area contributed by atoms with Crippen LogP contribution in [0.3, 0.4) is 0 Å². The highest BCUT2D eigenvalue weighted by Crippen LogP contribution is 2.18. The molecule has 0 aliphatic heterocycles. The molecule has 0 spiro atoms. The molecule has 29 heavy (non-hydrogen) atoms. The Hall–Kier alpha value is -3.11. The molecule has 0 fully saturated rings. The average Bonchev–Trinajstić information content (AvgIpc) is 2.73. The average molecular weight is 407 g/mol. The van der Waals surface area contributed by atoms with Crippen LogP contribution in [-0.2, 0) is 17.8 Å². The van der Waals surface area contributed by atoms with Crippen LogP contribution in [0.2, 0.25) is 5.02 Å². The van der Waals surface area contributed by atoms with Gasteiger partial charge < -0.3 is 10.2 Å². The van der Waals surface area contributed by atoms with Crippen molar-refractivity contribution in [1.82, 2.24) is 4.90 Å². The smallest absolute Gasteiger partial charge is 0.253 e. The summed E-state index contributed by atoms with van der Waals surface area (Å²) in [6.07, 6.45) is 0.875. The first-order valence-corrected chi connectivity index (χ1v) is 9.83. The fourth-order valence-corrected chi connectivity index (χ4v) is 3.28. The largest absolute Gasteiger partial charge is 0.337 e. The summed E-state index contributed by atoms with van der Waals surface area (Å²) in [5, 5.41) is 3.52. The summed E-state index contributed by atoms with van der Waals surface area (Å²) in [4.78, 5) is 26.7. The van der Waals surface area contributed by atoms with Crippen LogP contribution in [0.25, 0.3) is 0 Å². The molecule has 0 saturated carbocycles. The van der Waals surface area contributed by atoms with Crippen LogP contribution >= 0.6 is 11.6 Å². The molecule has 3 aromatic rings. The minimum atomic E-state index is -0.118. The first-order valence-electron chi connectivity index (χ1n) is 9.45. The van der Waals surface area contributed by atoms with E-state index in [-0.39, 0.29) is 11.8 Å². The fraction of sp³-hybridized carbons (Fsp3) is 0.167. The molecule has 0 radical (unpaired) electrons. The van der Waals surface area contributed by atoms with E-state index < -0.39 is 0 Å². The molecule has 0 aliphatic carbocycles. The lowest BCUT2D eigenvalue weighted by molar-refractivity contribution is -0.116. The third kappa shape index (κ3) is 5.93. The van der Waals surface area contributed by atoms with Gasteiger partial charge in [-0.2, -0.15) is 0 Å². The Kier molecular flexibility index (Phi) is 7.04. The van der Waals surface area contributed by atoms with Gasteiger partial charge in [0.25, 0.3) is 5.91 Å². The molecule has 0 atom stereocenters. The second-order valence-electron chi connectivity index (χ2n) is 6.87. The molecule has 2 amide bonds. The summed E-state index contributed by atoms with van der Waals surface area (Å²) in [5.74, 6) is -0.215. The maximum atomic E-state index is 12.7. The van der Waals surface area contributed by atoms with Gasteiger partial charge in [-0.1, -0.05) is 66.2 Å². The normalized spacial score (nSPS) is 10.4. The van der Waals surface area contributed by atoms with Gasteiger partial charge in [-0.05, 0) is 41.8 Å². The van der Waals surface area contributed by atoms with E-state index in [0.29, 0.717) is 35.7 Å². The van der Waals surface area contributed by atoms with E-state index in [1.165, 1.54) is 0 Å². The van der Waals surface area contributed by atoms with Crippen molar-refractivity contribution < 1.29 is 9.59 Å². The number of nitrogens with one attached hydrogen (secondary N) is 1. The van der Waals surface area contributed by atoms with E-state index in [0.717, 1.165) is 11.1 Å². The Bertz CT molecular complexity index is 989. The van der Waals surface area contributed by atoms with Gasteiger partial charge >= 0.3 is 0 Å². The maximum absolute atomic E-state index is 12.7. The van der Waals surface area contributed by atoms with E-state index in [1.54, 1.807) is 36.2 Å². The van der Waals surface area contributed by atoms with Crippen LogP contribution in [0.5, 0.6) is 0 Å². The number of rotatable bonds is 7. The van der Waals surface area contributed by atoms with Crippen molar-refractivity contribution in [2.24, 2.45) is 0 Å². The third-order valence-corrected chi connectivity index (χ3v) is 4.95. The van der Waals surface area contributed by atoms with E-state index in [1.807, 2.05) is 54.6 Å². The second kappa shape index (κ2) is 9.89. The minimum Gasteiger partial charge on any atom is -0.337 e. The molecule has 4 nitrogen and oxygen atoms in total. The topological polar surface area (TPSA) is 49.4 Å². The van der Waals surface area contributed by atoms with Gasteiger partial charge in [0.2, 0.25) is 5.91 Å². The zero-order valence-electron chi connectivity index (χ0n) is 16.3. The lowest BCUT2D eigenvalue weighted by Crippen LogP contribution is -2.26. The third-order valence-electron chi connectivity index (χ3n) is 4.58. The van der Waals surface area contributed by atoms with Crippen molar-refractivity contribution in [1.29, 1.82) is 0 Å². The number of nitrogens with zero attached hydrogens (tertiary/aromatic N) is 1. The molecule has 0 heterocycles. The van der Waals surface area contributed by atoms with Gasteiger partial charge in [-0.25, -0.2) is 0 Å². The molecule has 3 aromatic carbocycles. The lowest BCUT2D eigenvalue weighted by Gasteiger charge is -2.18. The number of halogens is 1. The zero-order chi connectivity index (χ0) is 20.6. The van der Waals surface area contributed by atoms with Gasteiger partial charge in [0.1, 0.15) is 0 Å². The van der Waals surface area contributed by atoms with Crippen LogP contribution in [0, 0.1) is 0 Å². The van der Waals surface area contributed by atoms with Gasteiger partial charge in [0.05, 0.1) is 0 Å². The van der Waals surface area contributed by atoms with Gasteiger partial charge in [0, 0.05) is 36.3 Å². The van der Waals surface area contributed by atoms with Crippen molar-refractivity contribution in [3.8, 4) is 0 Å². The summed E-state index contributed by atoms with van der Waals surface area (Å²) < 4.78 is 0. The van der Waals surface area contributed by atoms with Crippen LogP contribution in [0.1, 0.15) is 27.9 Å². The molecule has 0 bridgehead atoms. The lowest BCUT2D eigenvalue weighted by atomic mass is 10.1.